The first-order chi connectivity index (χ1) is 18.0. The second kappa shape index (κ2) is 8.56. The lowest BCUT2D eigenvalue weighted by molar-refractivity contribution is 0.0697. The molecule has 37 heavy (non-hydrogen) atoms. The largest absolute Gasteiger partial charge is 0.478 e. The second-order valence-corrected chi connectivity index (χ2v) is 10.5. The van der Waals surface area contributed by atoms with Crippen LogP contribution in [-0.4, -0.2) is 41.6 Å². The molecule has 0 spiro atoms. The normalized spacial score (nSPS) is 15.9. The highest BCUT2D eigenvalue weighted by Gasteiger charge is 2.24. The number of aryl methyl sites for hydroxylation is 1. The van der Waals surface area contributed by atoms with Crippen LogP contribution < -0.4 is 0 Å². The Bertz CT molecular complexity index is 1660. The molecule has 0 atom stereocenters. The topological polar surface area (TPSA) is 76.2 Å². The second-order valence-electron chi connectivity index (χ2n) is 10.5. The number of hydrogen-bond acceptors (Lipinski definition) is 4. The highest BCUT2D eigenvalue weighted by atomic mass is 16.4. The minimum Gasteiger partial charge on any atom is -0.478 e. The number of fused-ring (bicyclic) bond motifs is 4. The first-order valence-corrected chi connectivity index (χ1v) is 13.0. The van der Waals surface area contributed by atoms with Gasteiger partial charge in [-0.1, -0.05) is 36.4 Å². The van der Waals surface area contributed by atoms with E-state index in [0.29, 0.717) is 6.54 Å². The first-order valence-electron chi connectivity index (χ1n) is 13.0. The fourth-order valence-corrected chi connectivity index (χ4v) is 5.68. The molecule has 2 aliphatic rings. The third-order valence-corrected chi connectivity index (χ3v) is 7.95. The number of imidazole rings is 2. The standard InChI is InChI=1S/C30H29N5O2/c1-33-26-16-23(30(36)37)11-12-24(26)31-27(33)17-34-13-14-35-25-4-2-3-22(29(25)32-28(35)18-34)15-19-5-7-20(8-6-19)21-9-10-21/h2-8,11-12,16,21H,9-10,13-15,17-18H2,1H3,(H,36,37). The summed E-state index contributed by atoms with van der Waals surface area (Å²) < 4.78 is 4.37. The molecule has 1 N–H and O–H groups in total. The summed E-state index contributed by atoms with van der Waals surface area (Å²) >= 11 is 0. The SMILES string of the molecule is Cn1c(CN2CCn3c(nc4c(Cc5ccc(C6CC6)cc5)cccc43)C2)nc2ccc(C(=O)O)cc21. The van der Waals surface area contributed by atoms with E-state index in [0.717, 1.165) is 60.2 Å². The summed E-state index contributed by atoms with van der Waals surface area (Å²) in [6.45, 7) is 3.25. The molecule has 7 nitrogen and oxygen atoms in total. The van der Waals surface area contributed by atoms with Gasteiger partial charge in [-0.3, -0.25) is 4.90 Å². The fourth-order valence-electron chi connectivity index (χ4n) is 5.68. The zero-order chi connectivity index (χ0) is 25.1. The van der Waals surface area contributed by atoms with Crippen LogP contribution in [0.2, 0.25) is 0 Å². The quantitative estimate of drug-likeness (QED) is 0.357. The maximum Gasteiger partial charge on any atom is 0.335 e. The number of aromatic nitrogens is 4. The van der Waals surface area contributed by atoms with E-state index < -0.39 is 5.97 Å². The Hall–Kier alpha value is -3.97. The molecule has 7 rings (SSSR count). The highest BCUT2D eigenvalue weighted by molar-refractivity contribution is 5.92. The summed E-state index contributed by atoms with van der Waals surface area (Å²) in [6.07, 6.45) is 3.55. The predicted octanol–water partition coefficient (Wildman–Crippen LogP) is 5.11. The number of aromatic carboxylic acids is 1. The molecule has 5 aromatic rings. The van der Waals surface area contributed by atoms with Gasteiger partial charge in [0.25, 0.3) is 0 Å². The molecular weight excluding hydrogens is 462 g/mol. The van der Waals surface area contributed by atoms with Gasteiger partial charge in [0.1, 0.15) is 11.6 Å². The molecule has 0 saturated heterocycles. The number of carbonyl (C=O) groups is 1. The van der Waals surface area contributed by atoms with Gasteiger partial charge in [0, 0.05) is 20.1 Å². The average molecular weight is 492 g/mol. The lowest BCUT2D eigenvalue weighted by atomic mass is 10.0. The summed E-state index contributed by atoms with van der Waals surface area (Å²) in [7, 11) is 1.96. The summed E-state index contributed by atoms with van der Waals surface area (Å²) in [4.78, 5) is 23.7. The Kier molecular flexibility index (Phi) is 5.15. The van der Waals surface area contributed by atoms with Gasteiger partial charge in [-0.25, -0.2) is 14.8 Å². The number of benzene rings is 3. The van der Waals surface area contributed by atoms with Crippen LogP contribution in [0.25, 0.3) is 22.1 Å². The van der Waals surface area contributed by atoms with Crippen molar-refractivity contribution in [3.05, 3.63) is 94.6 Å². The van der Waals surface area contributed by atoms with E-state index in [-0.39, 0.29) is 5.56 Å². The number of rotatable bonds is 6. The predicted molar refractivity (Wildman–Crippen MR) is 143 cm³/mol. The highest BCUT2D eigenvalue weighted by Crippen LogP contribution is 2.40. The van der Waals surface area contributed by atoms with Crippen molar-refractivity contribution >= 4 is 28.0 Å². The Morgan fingerprint density at radius 2 is 1.84 bits per heavy atom. The van der Waals surface area contributed by atoms with Crippen molar-refractivity contribution in [2.45, 2.75) is 44.8 Å². The number of hydrogen-bond donors (Lipinski definition) is 1. The molecule has 3 aromatic carbocycles. The lowest BCUT2D eigenvalue weighted by Crippen LogP contribution is -2.34. The maximum atomic E-state index is 11.4. The summed E-state index contributed by atoms with van der Waals surface area (Å²) in [5, 5.41) is 9.34. The number of nitrogens with zero attached hydrogens (tertiary/aromatic N) is 5. The average Bonchev–Trinajstić information content (AvgIpc) is 3.62. The molecule has 1 aliphatic heterocycles. The minimum atomic E-state index is -0.922. The molecule has 0 bridgehead atoms. The third-order valence-electron chi connectivity index (χ3n) is 7.95. The van der Waals surface area contributed by atoms with E-state index >= 15 is 0 Å². The van der Waals surface area contributed by atoms with Gasteiger partial charge in [-0.2, -0.15) is 0 Å². The molecular formula is C30H29N5O2. The Morgan fingerprint density at radius 1 is 1.00 bits per heavy atom. The molecule has 3 heterocycles. The minimum absolute atomic E-state index is 0.281. The van der Waals surface area contributed by atoms with Gasteiger partial charge in [-0.15, -0.1) is 0 Å². The van der Waals surface area contributed by atoms with Crippen LogP contribution in [0.3, 0.4) is 0 Å². The van der Waals surface area contributed by atoms with Crippen LogP contribution in [-0.2, 0) is 33.1 Å². The van der Waals surface area contributed by atoms with Crippen molar-refractivity contribution in [3.8, 4) is 0 Å². The van der Waals surface area contributed by atoms with Crippen LogP contribution in [0, 0.1) is 0 Å². The number of para-hydroxylation sites is 1. The van der Waals surface area contributed by atoms with E-state index in [1.807, 2.05) is 11.6 Å². The van der Waals surface area contributed by atoms with Crippen molar-refractivity contribution in [1.29, 1.82) is 0 Å². The monoisotopic (exact) mass is 491 g/mol. The van der Waals surface area contributed by atoms with Gasteiger partial charge in [0.15, 0.2) is 0 Å². The Labute approximate surface area is 215 Å². The molecule has 7 heteroatoms. The number of carboxylic acids is 1. The van der Waals surface area contributed by atoms with Crippen molar-refractivity contribution in [1.82, 2.24) is 24.0 Å². The molecule has 186 valence electrons. The molecule has 1 aliphatic carbocycles. The number of carboxylic acid groups (broad SMARTS) is 1. The van der Waals surface area contributed by atoms with E-state index in [9.17, 15) is 9.90 Å². The van der Waals surface area contributed by atoms with Crippen molar-refractivity contribution < 1.29 is 9.90 Å². The summed E-state index contributed by atoms with van der Waals surface area (Å²) in [6, 6.07) is 20.8. The Balaban J connectivity index is 1.13. The van der Waals surface area contributed by atoms with Crippen LogP contribution in [0.4, 0.5) is 0 Å². The van der Waals surface area contributed by atoms with E-state index in [1.54, 1.807) is 18.2 Å². The van der Waals surface area contributed by atoms with Gasteiger partial charge in [0.05, 0.1) is 40.7 Å². The van der Waals surface area contributed by atoms with E-state index in [1.165, 1.54) is 35.0 Å². The van der Waals surface area contributed by atoms with Gasteiger partial charge < -0.3 is 14.2 Å². The molecule has 1 saturated carbocycles. The van der Waals surface area contributed by atoms with Crippen molar-refractivity contribution in [2.75, 3.05) is 6.54 Å². The van der Waals surface area contributed by atoms with Gasteiger partial charge in [0.2, 0.25) is 0 Å². The molecule has 2 aromatic heterocycles. The maximum absolute atomic E-state index is 11.4. The van der Waals surface area contributed by atoms with Crippen molar-refractivity contribution in [3.63, 3.8) is 0 Å². The van der Waals surface area contributed by atoms with Gasteiger partial charge in [-0.05, 0) is 66.1 Å². The van der Waals surface area contributed by atoms with Gasteiger partial charge >= 0.3 is 5.97 Å². The third kappa shape index (κ3) is 4.00. The zero-order valence-electron chi connectivity index (χ0n) is 20.9. The van der Waals surface area contributed by atoms with E-state index in [2.05, 4.69) is 51.9 Å². The van der Waals surface area contributed by atoms with E-state index in [4.69, 9.17) is 9.97 Å². The smallest absolute Gasteiger partial charge is 0.335 e. The van der Waals surface area contributed by atoms with Crippen LogP contribution in [0.1, 0.15) is 57.5 Å². The summed E-state index contributed by atoms with van der Waals surface area (Å²) in [5.74, 6) is 1.88. The van der Waals surface area contributed by atoms with Crippen LogP contribution in [0.15, 0.2) is 60.7 Å². The lowest BCUT2D eigenvalue weighted by Gasteiger charge is -2.27. The Morgan fingerprint density at radius 3 is 2.62 bits per heavy atom. The summed E-state index contributed by atoms with van der Waals surface area (Å²) in [5.41, 5.74) is 8.34. The van der Waals surface area contributed by atoms with Crippen LogP contribution >= 0.6 is 0 Å². The van der Waals surface area contributed by atoms with Crippen molar-refractivity contribution in [2.24, 2.45) is 7.05 Å². The van der Waals surface area contributed by atoms with Crippen LogP contribution in [0.5, 0.6) is 0 Å². The molecule has 0 amide bonds. The fraction of sp³-hybridized carbons (Fsp3) is 0.300. The molecule has 0 radical (unpaired) electrons. The molecule has 1 fully saturated rings. The zero-order valence-corrected chi connectivity index (χ0v) is 20.9. The molecule has 0 unspecified atom stereocenters. The first kappa shape index (κ1) is 22.2.